The maximum atomic E-state index is 9.49. The van der Waals surface area contributed by atoms with Crippen LogP contribution in [-0.4, -0.2) is 59.6 Å². The summed E-state index contributed by atoms with van der Waals surface area (Å²) >= 11 is 0. The Hall–Kier alpha value is -0.200. The van der Waals surface area contributed by atoms with Gasteiger partial charge in [0.25, 0.3) is 0 Å². The van der Waals surface area contributed by atoms with E-state index < -0.39 is 30.5 Å². The highest BCUT2D eigenvalue weighted by Gasteiger charge is 2.40. The molecule has 13 heavy (non-hydrogen) atoms. The Morgan fingerprint density at radius 3 is 2.46 bits per heavy atom. The van der Waals surface area contributed by atoms with E-state index in [1.54, 1.807) is 0 Å². The van der Waals surface area contributed by atoms with Crippen LogP contribution in [0.3, 0.4) is 0 Å². The Morgan fingerprint density at radius 2 is 2.00 bits per heavy atom. The van der Waals surface area contributed by atoms with Gasteiger partial charge < -0.3 is 24.8 Å². The SMILES string of the molecule is CO[C@H]1CO[C@@H](C(C)O)C(O)C1O. The molecule has 1 aliphatic heterocycles. The normalized spacial score (nSPS) is 43.2. The van der Waals surface area contributed by atoms with Crippen molar-refractivity contribution in [1.29, 1.82) is 0 Å². The van der Waals surface area contributed by atoms with Gasteiger partial charge in [0.2, 0.25) is 0 Å². The van der Waals surface area contributed by atoms with Crippen molar-refractivity contribution in [1.82, 2.24) is 0 Å². The van der Waals surface area contributed by atoms with E-state index >= 15 is 0 Å². The van der Waals surface area contributed by atoms with Gasteiger partial charge in [0, 0.05) is 7.11 Å². The third kappa shape index (κ3) is 2.18. The molecule has 0 spiro atoms. The molecule has 0 aromatic carbocycles. The summed E-state index contributed by atoms with van der Waals surface area (Å²) in [5, 5.41) is 28.2. The highest BCUT2D eigenvalue weighted by Crippen LogP contribution is 2.19. The van der Waals surface area contributed by atoms with Gasteiger partial charge in [0.05, 0.1) is 12.7 Å². The smallest absolute Gasteiger partial charge is 0.112 e. The molecule has 1 aliphatic rings. The summed E-state index contributed by atoms with van der Waals surface area (Å²) in [5.74, 6) is 0. The zero-order valence-corrected chi connectivity index (χ0v) is 7.75. The van der Waals surface area contributed by atoms with E-state index in [4.69, 9.17) is 9.47 Å². The predicted octanol–water partition coefficient (Wildman–Crippen LogP) is -1.50. The minimum absolute atomic E-state index is 0.185. The third-order valence-electron chi connectivity index (χ3n) is 2.30. The maximum Gasteiger partial charge on any atom is 0.112 e. The van der Waals surface area contributed by atoms with Gasteiger partial charge in [-0.15, -0.1) is 0 Å². The van der Waals surface area contributed by atoms with Crippen molar-refractivity contribution >= 4 is 0 Å². The van der Waals surface area contributed by atoms with Crippen molar-refractivity contribution in [3.8, 4) is 0 Å². The highest BCUT2D eigenvalue weighted by atomic mass is 16.6. The number of hydrogen-bond acceptors (Lipinski definition) is 5. The number of aliphatic hydroxyl groups is 3. The summed E-state index contributed by atoms with van der Waals surface area (Å²) in [6.45, 7) is 1.69. The van der Waals surface area contributed by atoms with Crippen LogP contribution in [0.4, 0.5) is 0 Å². The molecular weight excluding hydrogens is 176 g/mol. The third-order valence-corrected chi connectivity index (χ3v) is 2.30. The van der Waals surface area contributed by atoms with E-state index in [2.05, 4.69) is 0 Å². The van der Waals surface area contributed by atoms with Gasteiger partial charge in [-0.2, -0.15) is 0 Å². The minimum Gasteiger partial charge on any atom is -0.391 e. The van der Waals surface area contributed by atoms with Crippen LogP contribution in [0.15, 0.2) is 0 Å². The Balaban J connectivity index is 2.59. The average molecular weight is 192 g/mol. The van der Waals surface area contributed by atoms with Crippen molar-refractivity contribution < 1.29 is 24.8 Å². The topological polar surface area (TPSA) is 79.2 Å². The Labute approximate surface area is 76.9 Å². The number of ether oxygens (including phenoxy) is 2. The molecule has 1 rings (SSSR count). The van der Waals surface area contributed by atoms with Gasteiger partial charge >= 0.3 is 0 Å². The highest BCUT2D eigenvalue weighted by molar-refractivity contribution is 4.89. The van der Waals surface area contributed by atoms with Gasteiger partial charge in [-0.1, -0.05) is 0 Å². The van der Waals surface area contributed by atoms with E-state index in [9.17, 15) is 15.3 Å². The van der Waals surface area contributed by atoms with Gasteiger partial charge in [0.1, 0.15) is 24.4 Å². The molecule has 5 atom stereocenters. The van der Waals surface area contributed by atoms with Crippen molar-refractivity contribution in [3.05, 3.63) is 0 Å². The second kappa shape index (κ2) is 4.34. The maximum absolute atomic E-state index is 9.49. The summed E-state index contributed by atoms with van der Waals surface area (Å²) in [6.07, 6.45) is -4.16. The molecular formula is C8H16O5. The number of hydrogen-bond donors (Lipinski definition) is 3. The molecule has 3 N–H and O–H groups in total. The lowest BCUT2D eigenvalue weighted by molar-refractivity contribution is -0.214. The van der Waals surface area contributed by atoms with Gasteiger partial charge in [-0.3, -0.25) is 0 Å². The summed E-state index contributed by atoms with van der Waals surface area (Å²) in [6, 6.07) is 0. The van der Waals surface area contributed by atoms with Crippen LogP contribution in [-0.2, 0) is 9.47 Å². The molecule has 0 aromatic heterocycles. The fraction of sp³-hybridized carbons (Fsp3) is 1.00. The van der Waals surface area contributed by atoms with Crippen molar-refractivity contribution in [2.75, 3.05) is 13.7 Å². The van der Waals surface area contributed by atoms with Crippen molar-refractivity contribution in [3.63, 3.8) is 0 Å². The van der Waals surface area contributed by atoms with Crippen LogP contribution in [0.1, 0.15) is 6.92 Å². The molecule has 1 saturated heterocycles. The van der Waals surface area contributed by atoms with Crippen LogP contribution < -0.4 is 0 Å². The standard InChI is InChI=1S/C8H16O5/c1-4(9)8-7(11)6(10)5(12-2)3-13-8/h4-11H,3H2,1-2H3/t4?,5-,6?,7?,8-/m0/s1. The summed E-state index contributed by atoms with van der Waals surface area (Å²) in [7, 11) is 1.44. The molecule has 0 radical (unpaired) electrons. The number of aliphatic hydroxyl groups excluding tert-OH is 3. The Morgan fingerprint density at radius 1 is 1.38 bits per heavy atom. The zero-order chi connectivity index (χ0) is 10.0. The first-order valence-corrected chi connectivity index (χ1v) is 4.26. The van der Waals surface area contributed by atoms with Crippen LogP contribution in [0.5, 0.6) is 0 Å². The molecule has 0 aromatic rings. The van der Waals surface area contributed by atoms with Crippen LogP contribution in [0.25, 0.3) is 0 Å². The Kier molecular flexibility index (Phi) is 3.63. The number of rotatable bonds is 2. The van der Waals surface area contributed by atoms with E-state index in [0.29, 0.717) is 0 Å². The first kappa shape index (κ1) is 10.9. The predicted molar refractivity (Wildman–Crippen MR) is 44.2 cm³/mol. The lowest BCUT2D eigenvalue weighted by atomic mass is 9.97. The lowest BCUT2D eigenvalue weighted by Gasteiger charge is -2.37. The minimum atomic E-state index is -1.10. The molecule has 0 aliphatic carbocycles. The molecule has 1 fully saturated rings. The quantitative estimate of drug-likeness (QED) is 0.496. The van der Waals surface area contributed by atoms with Crippen LogP contribution >= 0.6 is 0 Å². The zero-order valence-electron chi connectivity index (χ0n) is 7.75. The van der Waals surface area contributed by atoms with E-state index in [1.165, 1.54) is 14.0 Å². The molecule has 78 valence electrons. The lowest BCUT2D eigenvalue weighted by Crippen LogP contribution is -2.56. The van der Waals surface area contributed by atoms with Gasteiger partial charge in [0.15, 0.2) is 0 Å². The average Bonchev–Trinajstić information content (AvgIpc) is 2.09. The fourth-order valence-corrected chi connectivity index (χ4v) is 1.45. The number of methoxy groups -OCH3 is 1. The summed E-state index contributed by atoms with van der Waals surface area (Å²) in [5.41, 5.74) is 0. The van der Waals surface area contributed by atoms with Gasteiger partial charge in [-0.25, -0.2) is 0 Å². The molecule has 5 heteroatoms. The monoisotopic (exact) mass is 192 g/mol. The van der Waals surface area contributed by atoms with Crippen LogP contribution in [0.2, 0.25) is 0 Å². The summed E-state index contributed by atoms with van der Waals surface area (Å²) < 4.78 is 10.0. The van der Waals surface area contributed by atoms with Crippen molar-refractivity contribution in [2.45, 2.75) is 37.4 Å². The van der Waals surface area contributed by atoms with E-state index in [-0.39, 0.29) is 6.61 Å². The molecule has 3 unspecified atom stereocenters. The molecule has 0 bridgehead atoms. The first-order chi connectivity index (χ1) is 6.07. The molecule has 0 saturated carbocycles. The van der Waals surface area contributed by atoms with E-state index in [0.717, 1.165) is 0 Å². The second-order valence-corrected chi connectivity index (χ2v) is 3.29. The second-order valence-electron chi connectivity index (χ2n) is 3.29. The molecule has 1 heterocycles. The van der Waals surface area contributed by atoms with E-state index in [1.807, 2.05) is 0 Å². The largest absolute Gasteiger partial charge is 0.391 e. The molecule has 5 nitrogen and oxygen atoms in total. The van der Waals surface area contributed by atoms with Gasteiger partial charge in [-0.05, 0) is 6.92 Å². The fourth-order valence-electron chi connectivity index (χ4n) is 1.45. The summed E-state index contributed by atoms with van der Waals surface area (Å²) in [4.78, 5) is 0. The Bertz CT molecular complexity index is 161. The molecule has 0 amide bonds. The van der Waals surface area contributed by atoms with Crippen LogP contribution in [0, 0.1) is 0 Å². The first-order valence-electron chi connectivity index (χ1n) is 4.26. The van der Waals surface area contributed by atoms with Crippen molar-refractivity contribution in [2.24, 2.45) is 0 Å².